The van der Waals surface area contributed by atoms with Crippen molar-refractivity contribution in [2.45, 2.75) is 12.8 Å². The molecule has 1 aromatic heterocycles. The molecule has 0 fully saturated rings. The van der Waals surface area contributed by atoms with E-state index in [1.54, 1.807) is 18.2 Å². The molecule has 0 aliphatic rings. The third-order valence-electron chi connectivity index (χ3n) is 2.71. The lowest BCUT2D eigenvalue weighted by molar-refractivity contribution is -0.118. The Balaban J connectivity index is 1.99. The summed E-state index contributed by atoms with van der Waals surface area (Å²) in [6.07, 6.45) is 0.801. The minimum absolute atomic E-state index is 0.211. The molecule has 0 spiro atoms. The molecule has 19 heavy (non-hydrogen) atoms. The minimum atomic E-state index is -0.366. The monoisotopic (exact) mass is 279 g/mol. The van der Waals surface area contributed by atoms with E-state index in [0.29, 0.717) is 23.7 Å². The summed E-state index contributed by atoms with van der Waals surface area (Å²) in [7, 11) is 0. The zero-order chi connectivity index (χ0) is 13.8. The Hall–Kier alpha value is -2.01. The smallest absolute Gasteiger partial charge is 0.267 e. The Morgan fingerprint density at radius 3 is 2.84 bits per heavy atom. The Morgan fingerprint density at radius 1 is 1.32 bits per heavy atom. The number of hydrogen-bond acceptors (Lipinski definition) is 2. The van der Waals surface area contributed by atoms with Crippen molar-refractivity contribution < 1.29 is 9.59 Å². The van der Waals surface area contributed by atoms with Gasteiger partial charge in [0, 0.05) is 28.9 Å². The van der Waals surface area contributed by atoms with E-state index in [9.17, 15) is 9.59 Å². The van der Waals surface area contributed by atoms with Crippen molar-refractivity contribution in [2.24, 2.45) is 5.73 Å². The Labute approximate surface area is 115 Å². The van der Waals surface area contributed by atoms with Gasteiger partial charge in [-0.25, -0.2) is 0 Å². The van der Waals surface area contributed by atoms with Crippen LogP contribution in [0.2, 0.25) is 5.02 Å². The van der Waals surface area contributed by atoms with Crippen LogP contribution in [0.1, 0.15) is 23.3 Å². The molecule has 0 aliphatic heterocycles. The largest absolute Gasteiger partial charge is 0.370 e. The molecule has 2 rings (SSSR count). The van der Waals surface area contributed by atoms with Gasteiger partial charge in [0.25, 0.3) is 5.91 Å². The highest BCUT2D eigenvalue weighted by Gasteiger charge is 2.09. The van der Waals surface area contributed by atoms with Crippen molar-refractivity contribution >= 4 is 34.3 Å². The maximum Gasteiger partial charge on any atom is 0.267 e. The van der Waals surface area contributed by atoms with Gasteiger partial charge in [-0.2, -0.15) is 0 Å². The van der Waals surface area contributed by atoms with Crippen LogP contribution in [0.25, 0.3) is 10.9 Å². The molecule has 0 atom stereocenters. The number of fused-ring (bicyclic) bond motifs is 1. The fourth-order valence-electron chi connectivity index (χ4n) is 1.78. The van der Waals surface area contributed by atoms with Gasteiger partial charge >= 0.3 is 0 Å². The molecular formula is C13H14ClN3O2. The van der Waals surface area contributed by atoms with E-state index < -0.39 is 0 Å². The number of amides is 2. The highest BCUT2D eigenvalue weighted by molar-refractivity contribution is 6.31. The molecule has 6 heteroatoms. The highest BCUT2D eigenvalue weighted by Crippen LogP contribution is 2.19. The first kappa shape index (κ1) is 13.4. The number of H-pyrrole nitrogens is 1. The van der Waals surface area contributed by atoms with E-state index in [2.05, 4.69) is 10.3 Å². The lowest BCUT2D eigenvalue weighted by Crippen LogP contribution is -2.25. The number of aromatic amines is 1. The molecule has 0 radical (unpaired) electrons. The molecule has 0 bridgehead atoms. The first-order valence-electron chi connectivity index (χ1n) is 5.91. The Morgan fingerprint density at radius 2 is 2.11 bits per heavy atom. The summed E-state index contributed by atoms with van der Waals surface area (Å²) >= 11 is 5.88. The molecule has 0 aliphatic carbocycles. The number of benzene rings is 1. The summed E-state index contributed by atoms with van der Waals surface area (Å²) < 4.78 is 0. The van der Waals surface area contributed by atoms with Crippen molar-refractivity contribution in [3.05, 3.63) is 35.0 Å². The number of halogens is 1. The van der Waals surface area contributed by atoms with Crippen LogP contribution in [-0.2, 0) is 4.79 Å². The van der Waals surface area contributed by atoms with Crippen molar-refractivity contribution in [1.29, 1.82) is 0 Å². The van der Waals surface area contributed by atoms with E-state index >= 15 is 0 Å². The van der Waals surface area contributed by atoms with Gasteiger partial charge in [-0.05, 0) is 24.6 Å². The fraction of sp³-hybridized carbons (Fsp3) is 0.231. The number of nitrogens with one attached hydrogen (secondary N) is 2. The van der Waals surface area contributed by atoms with Crippen LogP contribution >= 0.6 is 11.6 Å². The highest BCUT2D eigenvalue weighted by atomic mass is 35.5. The van der Waals surface area contributed by atoms with Gasteiger partial charge in [0.05, 0.1) is 0 Å². The number of primary amides is 1. The maximum atomic E-state index is 11.9. The van der Waals surface area contributed by atoms with Crippen LogP contribution in [-0.4, -0.2) is 23.3 Å². The third kappa shape index (κ3) is 3.48. The van der Waals surface area contributed by atoms with Gasteiger partial charge in [0.15, 0.2) is 0 Å². The number of hydrogen-bond donors (Lipinski definition) is 3. The van der Waals surface area contributed by atoms with E-state index in [1.807, 2.05) is 6.07 Å². The molecule has 1 heterocycles. The van der Waals surface area contributed by atoms with E-state index in [1.165, 1.54) is 0 Å². The van der Waals surface area contributed by atoms with Gasteiger partial charge in [0.2, 0.25) is 5.91 Å². The topological polar surface area (TPSA) is 88.0 Å². The van der Waals surface area contributed by atoms with Crippen LogP contribution in [0.3, 0.4) is 0 Å². The molecule has 4 N–H and O–H groups in total. The first-order chi connectivity index (χ1) is 9.06. The summed E-state index contributed by atoms with van der Waals surface area (Å²) in [5.74, 6) is -0.578. The minimum Gasteiger partial charge on any atom is -0.370 e. The van der Waals surface area contributed by atoms with Gasteiger partial charge in [-0.1, -0.05) is 17.7 Å². The van der Waals surface area contributed by atoms with E-state index in [4.69, 9.17) is 17.3 Å². The molecule has 2 aromatic rings. The zero-order valence-electron chi connectivity index (χ0n) is 10.2. The number of carbonyl (C=O) groups excluding carboxylic acids is 2. The fourth-order valence-corrected chi connectivity index (χ4v) is 1.95. The molecular weight excluding hydrogens is 266 g/mol. The van der Waals surface area contributed by atoms with E-state index in [0.717, 1.165) is 10.9 Å². The number of nitrogens with two attached hydrogens (primary N) is 1. The molecule has 0 saturated heterocycles. The van der Waals surface area contributed by atoms with Crippen molar-refractivity contribution in [1.82, 2.24) is 10.3 Å². The molecule has 5 nitrogen and oxygen atoms in total. The SMILES string of the molecule is NC(=O)CCCNC(=O)c1cc2ccc(Cl)cc2[nH]1. The van der Waals surface area contributed by atoms with Gasteiger partial charge in [-0.15, -0.1) is 0 Å². The second kappa shape index (κ2) is 5.75. The van der Waals surface area contributed by atoms with Crippen LogP contribution in [0.15, 0.2) is 24.3 Å². The van der Waals surface area contributed by atoms with Gasteiger partial charge in [0.1, 0.15) is 5.69 Å². The van der Waals surface area contributed by atoms with Crippen LogP contribution in [0.4, 0.5) is 0 Å². The van der Waals surface area contributed by atoms with Crippen molar-refractivity contribution in [3.63, 3.8) is 0 Å². The van der Waals surface area contributed by atoms with Crippen LogP contribution in [0.5, 0.6) is 0 Å². The second-order valence-electron chi connectivity index (χ2n) is 4.24. The average Bonchev–Trinajstić information content (AvgIpc) is 2.77. The van der Waals surface area contributed by atoms with E-state index in [-0.39, 0.29) is 18.2 Å². The molecule has 2 amide bonds. The molecule has 100 valence electrons. The number of rotatable bonds is 5. The summed E-state index contributed by atoms with van der Waals surface area (Å²) in [6.45, 7) is 0.415. The summed E-state index contributed by atoms with van der Waals surface area (Å²) in [5, 5.41) is 4.26. The number of aromatic nitrogens is 1. The van der Waals surface area contributed by atoms with Crippen LogP contribution < -0.4 is 11.1 Å². The van der Waals surface area contributed by atoms with Crippen LogP contribution in [0, 0.1) is 0 Å². The first-order valence-corrected chi connectivity index (χ1v) is 6.29. The predicted molar refractivity (Wildman–Crippen MR) is 74.1 cm³/mol. The molecule has 0 unspecified atom stereocenters. The Kier molecular flexibility index (Phi) is 4.06. The Bertz CT molecular complexity index is 621. The molecule has 1 aromatic carbocycles. The summed E-state index contributed by atoms with van der Waals surface area (Å²) in [4.78, 5) is 25.4. The van der Waals surface area contributed by atoms with Gasteiger partial charge < -0.3 is 16.0 Å². The van der Waals surface area contributed by atoms with Gasteiger partial charge in [-0.3, -0.25) is 9.59 Å². The number of carbonyl (C=O) groups is 2. The predicted octanol–water partition coefficient (Wildman–Crippen LogP) is 1.82. The molecule has 0 saturated carbocycles. The average molecular weight is 280 g/mol. The second-order valence-corrected chi connectivity index (χ2v) is 4.68. The summed E-state index contributed by atoms with van der Waals surface area (Å²) in [6, 6.07) is 7.14. The zero-order valence-corrected chi connectivity index (χ0v) is 11.0. The third-order valence-corrected chi connectivity index (χ3v) is 2.95. The van der Waals surface area contributed by atoms with Crippen molar-refractivity contribution in [3.8, 4) is 0 Å². The standard InChI is InChI=1S/C13H14ClN3O2/c14-9-4-3-8-6-11(17-10(8)7-9)13(19)16-5-1-2-12(15)18/h3-4,6-7,17H,1-2,5H2,(H2,15,18)(H,16,19). The lowest BCUT2D eigenvalue weighted by atomic mass is 10.2. The van der Waals surface area contributed by atoms with Crippen molar-refractivity contribution in [2.75, 3.05) is 6.54 Å². The normalized spacial score (nSPS) is 10.6. The maximum absolute atomic E-state index is 11.9. The summed E-state index contributed by atoms with van der Waals surface area (Å²) in [5.41, 5.74) is 6.30. The lowest BCUT2D eigenvalue weighted by Gasteiger charge is -2.01. The quantitative estimate of drug-likeness (QED) is 0.729.